The van der Waals surface area contributed by atoms with Gasteiger partial charge >= 0.3 is 6.03 Å². The summed E-state index contributed by atoms with van der Waals surface area (Å²) in [6.45, 7) is 0. The van der Waals surface area contributed by atoms with Gasteiger partial charge in [0.1, 0.15) is 0 Å². The van der Waals surface area contributed by atoms with E-state index in [9.17, 15) is 4.79 Å². The molecule has 0 fully saturated rings. The first-order valence-electron chi connectivity index (χ1n) is 3.62. The van der Waals surface area contributed by atoms with E-state index in [1.807, 2.05) is 12.1 Å². The van der Waals surface area contributed by atoms with Gasteiger partial charge in [-0.2, -0.15) is 5.12 Å². The van der Waals surface area contributed by atoms with Gasteiger partial charge in [-0.1, -0.05) is 6.07 Å². The summed E-state index contributed by atoms with van der Waals surface area (Å²) in [6.07, 6.45) is 1.69. The van der Waals surface area contributed by atoms with Crippen LogP contribution in [0, 0.1) is 0 Å². The number of hydrogen-bond acceptors (Lipinski definition) is 5. The molecule has 0 radical (unpaired) electrons. The van der Waals surface area contributed by atoms with Gasteiger partial charge in [0.25, 0.3) is 0 Å². The first-order chi connectivity index (χ1) is 6.57. The predicted molar refractivity (Wildman–Crippen MR) is 50.6 cm³/mol. The fraction of sp³-hybridized carbons (Fsp3) is 0.143. The van der Waals surface area contributed by atoms with Gasteiger partial charge in [-0.05, 0) is 6.07 Å². The molecule has 0 aliphatic heterocycles. The Hall–Kier alpha value is -1.86. The molecule has 0 aromatic carbocycles. The monoisotopic (exact) mass is 199 g/mol. The van der Waals surface area contributed by atoms with Crippen LogP contribution in [0.25, 0.3) is 0 Å². The third kappa shape index (κ3) is 5.75. The van der Waals surface area contributed by atoms with Gasteiger partial charge in [-0.15, -0.1) is 0 Å². The van der Waals surface area contributed by atoms with Crippen LogP contribution in [0.5, 0.6) is 5.88 Å². The van der Waals surface area contributed by atoms with E-state index in [-0.39, 0.29) is 0 Å². The average Bonchev–Trinajstić information content (AvgIpc) is 2.20. The molecular weight excluding hydrogens is 186 g/mol. The van der Waals surface area contributed by atoms with Gasteiger partial charge in [-0.3, -0.25) is 0 Å². The molecule has 0 unspecified atom stereocenters. The fourth-order valence-electron chi connectivity index (χ4n) is 0.468. The standard InChI is InChI=1S/C6H7NO.CH6N4O/c1-8-6-4-2-3-5-7-6;2-1(6)5(3)4/h2-5H,1H3;3-4H2,(H2,2,6). The first-order valence-corrected chi connectivity index (χ1v) is 3.62. The number of carbonyl (C=O) groups excluding carboxylic acids is 1. The van der Waals surface area contributed by atoms with E-state index < -0.39 is 6.03 Å². The second-order valence-electron chi connectivity index (χ2n) is 2.12. The Kier molecular flexibility index (Phi) is 5.75. The summed E-state index contributed by atoms with van der Waals surface area (Å²) in [5.74, 6) is 9.80. The van der Waals surface area contributed by atoms with Crippen LogP contribution in [0.4, 0.5) is 4.79 Å². The number of ether oxygens (including phenoxy) is 1. The quantitative estimate of drug-likeness (QED) is 0.311. The molecule has 1 rings (SSSR count). The van der Waals surface area contributed by atoms with E-state index in [1.165, 1.54) is 0 Å². The molecule has 14 heavy (non-hydrogen) atoms. The van der Waals surface area contributed by atoms with E-state index in [0.717, 1.165) is 0 Å². The number of hydrazine groups is 2. The number of urea groups is 1. The molecule has 0 saturated heterocycles. The molecule has 0 aliphatic rings. The van der Waals surface area contributed by atoms with Crippen molar-refractivity contribution in [1.82, 2.24) is 10.1 Å². The van der Waals surface area contributed by atoms with Gasteiger partial charge in [-0.25, -0.2) is 21.5 Å². The van der Waals surface area contributed by atoms with Gasteiger partial charge in [0.15, 0.2) is 0 Å². The Morgan fingerprint density at radius 3 is 2.29 bits per heavy atom. The second-order valence-corrected chi connectivity index (χ2v) is 2.12. The lowest BCUT2D eigenvalue weighted by Gasteiger charge is -2.00. The zero-order valence-corrected chi connectivity index (χ0v) is 7.75. The SMILES string of the molecule is COc1ccccn1.NC(=O)N(N)N. The summed E-state index contributed by atoms with van der Waals surface area (Å²) < 4.78 is 4.80. The summed E-state index contributed by atoms with van der Waals surface area (Å²) in [5, 5.41) is 0.306. The number of nitrogens with two attached hydrogens (primary N) is 3. The summed E-state index contributed by atoms with van der Waals surface area (Å²) >= 11 is 0. The van der Waals surface area contributed by atoms with Gasteiger partial charge in [0.2, 0.25) is 5.88 Å². The van der Waals surface area contributed by atoms with E-state index in [0.29, 0.717) is 11.0 Å². The highest BCUT2D eigenvalue weighted by Gasteiger charge is 1.90. The molecule has 0 spiro atoms. The van der Waals surface area contributed by atoms with Crippen LogP contribution in [-0.4, -0.2) is 23.2 Å². The number of carbonyl (C=O) groups is 1. The lowest BCUT2D eigenvalue weighted by atomic mass is 10.5. The van der Waals surface area contributed by atoms with Gasteiger partial charge < -0.3 is 10.5 Å². The average molecular weight is 199 g/mol. The van der Waals surface area contributed by atoms with Crippen molar-refractivity contribution in [3.8, 4) is 5.88 Å². The maximum absolute atomic E-state index is 9.60. The molecule has 7 heteroatoms. The fourth-order valence-corrected chi connectivity index (χ4v) is 0.468. The third-order valence-electron chi connectivity index (χ3n) is 1.10. The minimum absolute atomic E-state index is 0.306. The maximum Gasteiger partial charge on any atom is 0.343 e. The van der Waals surface area contributed by atoms with Crippen LogP contribution in [0.2, 0.25) is 0 Å². The van der Waals surface area contributed by atoms with Crippen molar-refractivity contribution in [2.24, 2.45) is 17.4 Å². The Labute approximate surface area is 81.4 Å². The summed E-state index contributed by atoms with van der Waals surface area (Å²) in [5.41, 5.74) is 4.47. The molecule has 1 aromatic heterocycles. The highest BCUT2D eigenvalue weighted by atomic mass is 16.5. The van der Waals surface area contributed by atoms with Crippen LogP contribution in [-0.2, 0) is 0 Å². The lowest BCUT2D eigenvalue weighted by Crippen LogP contribution is -2.46. The smallest absolute Gasteiger partial charge is 0.343 e. The zero-order valence-electron chi connectivity index (χ0n) is 7.75. The molecule has 1 heterocycles. The molecule has 6 N–H and O–H groups in total. The second kappa shape index (κ2) is 6.63. The number of primary amides is 1. The van der Waals surface area contributed by atoms with Crippen molar-refractivity contribution in [1.29, 1.82) is 0 Å². The van der Waals surface area contributed by atoms with Crippen LogP contribution < -0.4 is 22.2 Å². The number of pyridine rings is 1. The van der Waals surface area contributed by atoms with Crippen molar-refractivity contribution < 1.29 is 9.53 Å². The van der Waals surface area contributed by atoms with E-state index in [2.05, 4.69) is 22.4 Å². The summed E-state index contributed by atoms with van der Waals surface area (Å²) in [4.78, 5) is 13.5. The number of aromatic nitrogens is 1. The molecule has 0 atom stereocenters. The largest absolute Gasteiger partial charge is 0.481 e. The number of amides is 2. The normalized spacial score (nSPS) is 8.21. The van der Waals surface area contributed by atoms with Crippen LogP contribution in [0.1, 0.15) is 0 Å². The minimum atomic E-state index is -0.852. The number of rotatable bonds is 1. The van der Waals surface area contributed by atoms with Gasteiger partial charge in [0, 0.05) is 12.3 Å². The Morgan fingerprint density at radius 1 is 1.50 bits per heavy atom. The molecular formula is C7H13N5O2. The Morgan fingerprint density at radius 2 is 2.07 bits per heavy atom. The van der Waals surface area contributed by atoms with Crippen LogP contribution >= 0.6 is 0 Å². The molecule has 0 bridgehead atoms. The number of hydrogen-bond donors (Lipinski definition) is 3. The Bertz CT molecular complexity index is 264. The maximum atomic E-state index is 9.60. The highest BCUT2D eigenvalue weighted by Crippen LogP contribution is 1.99. The van der Waals surface area contributed by atoms with Crippen LogP contribution in [0.3, 0.4) is 0 Å². The van der Waals surface area contributed by atoms with E-state index >= 15 is 0 Å². The highest BCUT2D eigenvalue weighted by molar-refractivity contribution is 5.70. The molecule has 0 saturated carbocycles. The van der Waals surface area contributed by atoms with E-state index in [4.69, 9.17) is 4.74 Å². The van der Waals surface area contributed by atoms with Crippen molar-refractivity contribution in [3.63, 3.8) is 0 Å². The van der Waals surface area contributed by atoms with Gasteiger partial charge in [0.05, 0.1) is 7.11 Å². The molecule has 2 amide bonds. The van der Waals surface area contributed by atoms with Crippen molar-refractivity contribution in [2.75, 3.05) is 7.11 Å². The predicted octanol–water partition coefficient (Wildman–Crippen LogP) is -0.795. The number of nitrogens with zero attached hydrogens (tertiary/aromatic N) is 2. The zero-order chi connectivity index (χ0) is 11.0. The third-order valence-corrected chi connectivity index (χ3v) is 1.10. The topological polar surface area (TPSA) is 120 Å². The molecule has 7 nitrogen and oxygen atoms in total. The molecule has 1 aromatic rings. The first kappa shape index (κ1) is 12.1. The summed E-state index contributed by atoms with van der Waals surface area (Å²) in [7, 11) is 1.60. The summed E-state index contributed by atoms with van der Waals surface area (Å²) in [6, 6.07) is 4.68. The Balaban J connectivity index is 0.000000255. The minimum Gasteiger partial charge on any atom is -0.481 e. The van der Waals surface area contributed by atoms with E-state index in [1.54, 1.807) is 19.4 Å². The van der Waals surface area contributed by atoms with Crippen LogP contribution in [0.15, 0.2) is 24.4 Å². The lowest BCUT2D eigenvalue weighted by molar-refractivity contribution is 0.210. The number of methoxy groups -OCH3 is 1. The molecule has 78 valence electrons. The van der Waals surface area contributed by atoms with Crippen molar-refractivity contribution in [3.05, 3.63) is 24.4 Å². The van der Waals surface area contributed by atoms with Crippen molar-refractivity contribution >= 4 is 6.03 Å². The molecule has 0 aliphatic carbocycles. The van der Waals surface area contributed by atoms with Crippen molar-refractivity contribution in [2.45, 2.75) is 0 Å².